The predicted molar refractivity (Wildman–Crippen MR) is 62.5 cm³/mol. The molecule has 0 radical (unpaired) electrons. The Bertz CT molecular complexity index is 313. The van der Waals surface area contributed by atoms with Gasteiger partial charge in [-0.15, -0.1) is 11.8 Å². The van der Waals surface area contributed by atoms with Gasteiger partial charge in [-0.25, -0.2) is 0 Å². The van der Waals surface area contributed by atoms with Crippen LogP contribution in [0.1, 0.15) is 13.8 Å². The number of carbonyl (C=O) groups excluding carboxylic acids is 1. The van der Waals surface area contributed by atoms with Gasteiger partial charge in [0.15, 0.2) is 0 Å². The Labute approximate surface area is 95.4 Å². The molecule has 0 bridgehead atoms. The second-order valence-electron chi connectivity index (χ2n) is 3.00. The van der Waals surface area contributed by atoms with Crippen LogP contribution in [0.5, 0.6) is 0 Å². The molecule has 0 aliphatic rings. The fourth-order valence-corrected chi connectivity index (χ4v) is 1.62. The van der Waals surface area contributed by atoms with Crippen molar-refractivity contribution in [2.45, 2.75) is 19.1 Å². The molecule has 0 saturated carbocycles. The van der Waals surface area contributed by atoms with Crippen molar-refractivity contribution >= 4 is 39.4 Å². The number of nitrogens with one attached hydrogen (secondary N) is 2. The van der Waals surface area contributed by atoms with E-state index >= 15 is 0 Å². The van der Waals surface area contributed by atoms with Crippen molar-refractivity contribution in [2.24, 2.45) is 0 Å². The Hall–Kier alpha value is -0.490. The zero-order valence-electron chi connectivity index (χ0n) is 8.00. The monoisotopic (exact) mass is 277 g/mol. The lowest BCUT2D eigenvalue weighted by Gasteiger charge is -2.04. The second kappa shape index (κ2) is 5.41. The predicted octanol–water partition coefficient (Wildman–Crippen LogP) is 2.25. The molecular formula is C8H12BrN3OS. The maximum Gasteiger partial charge on any atom is 0.235 e. The zero-order valence-corrected chi connectivity index (χ0v) is 10.4. The molecule has 6 heteroatoms. The van der Waals surface area contributed by atoms with E-state index in [1.165, 1.54) is 0 Å². The van der Waals surface area contributed by atoms with Crippen molar-refractivity contribution < 1.29 is 4.79 Å². The van der Waals surface area contributed by atoms with Gasteiger partial charge in [0, 0.05) is 0 Å². The van der Waals surface area contributed by atoms with Gasteiger partial charge in [0.1, 0.15) is 5.82 Å². The van der Waals surface area contributed by atoms with Gasteiger partial charge in [-0.05, 0) is 21.2 Å². The van der Waals surface area contributed by atoms with Gasteiger partial charge >= 0.3 is 0 Å². The lowest BCUT2D eigenvalue weighted by Crippen LogP contribution is -2.15. The zero-order chi connectivity index (χ0) is 10.6. The first-order valence-corrected chi connectivity index (χ1v) is 6.04. The van der Waals surface area contributed by atoms with Crippen LogP contribution in [-0.2, 0) is 4.79 Å². The summed E-state index contributed by atoms with van der Waals surface area (Å²) in [6.07, 6.45) is 1.60. The van der Waals surface area contributed by atoms with E-state index in [1.807, 2.05) is 0 Å². The van der Waals surface area contributed by atoms with Crippen molar-refractivity contribution in [2.75, 3.05) is 11.1 Å². The van der Waals surface area contributed by atoms with Crippen LogP contribution in [0.25, 0.3) is 0 Å². The van der Waals surface area contributed by atoms with E-state index in [4.69, 9.17) is 0 Å². The number of H-pyrrole nitrogens is 1. The molecule has 0 aliphatic carbocycles. The molecule has 0 unspecified atom stereocenters. The minimum Gasteiger partial charge on any atom is -0.309 e. The smallest absolute Gasteiger partial charge is 0.235 e. The number of nitrogens with zero attached hydrogens (tertiary/aromatic N) is 1. The van der Waals surface area contributed by atoms with E-state index in [0.29, 0.717) is 16.8 Å². The number of hydrogen-bond acceptors (Lipinski definition) is 3. The highest BCUT2D eigenvalue weighted by molar-refractivity contribution is 9.10. The van der Waals surface area contributed by atoms with Crippen LogP contribution in [0.2, 0.25) is 0 Å². The largest absolute Gasteiger partial charge is 0.309 e. The molecule has 0 spiro atoms. The normalized spacial score (nSPS) is 10.6. The first-order chi connectivity index (χ1) is 6.59. The van der Waals surface area contributed by atoms with E-state index in [1.54, 1.807) is 18.0 Å². The molecule has 78 valence electrons. The summed E-state index contributed by atoms with van der Waals surface area (Å²) >= 11 is 4.86. The van der Waals surface area contributed by atoms with Gasteiger partial charge < -0.3 is 5.32 Å². The standard InChI is InChI=1S/C8H12BrN3OS/c1-5(2)14-4-7(13)11-8-6(9)3-10-12-8/h3,5H,4H2,1-2H3,(H2,10,11,12,13). The van der Waals surface area contributed by atoms with Crippen LogP contribution >= 0.6 is 27.7 Å². The third kappa shape index (κ3) is 3.71. The van der Waals surface area contributed by atoms with E-state index in [9.17, 15) is 4.79 Å². The maximum atomic E-state index is 11.4. The van der Waals surface area contributed by atoms with E-state index < -0.39 is 0 Å². The van der Waals surface area contributed by atoms with Gasteiger partial charge in [-0.2, -0.15) is 5.10 Å². The van der Waals surface area contributed by atoms with E-state index in [0.717, 1.165) is 4.47 Å². The highest BCUT2D eigenvalue weighted by Crippen LogP contribution is 2.18. The number of carbonyl (C=O) groups is 1. The Balaban J connectivity index is 2.38. The van der Waals surface area contributed by atoms with Gasteiger partial charge in [-0.3, -0.25) is 9.89 Å². The van der Waals surface area contributed by atoms with Crippen molar-refractivity contribution in [3.8, 4) is 0 Å². The number of aromatic nitrogens is 2. The Morgan fingerprint density at radius 1 is 1.79 bits per heavy atom. The molecule has 0 aromatic carbocycles. The molecule has 14 heavy (non-hydrogen) atoms. The summed E-state index contributed by atoms with van der Waals surface area (Å²) in [5, 5.41) is 9.65. The molecule has 0 fully saturated rings. The van der Waals surface area contributed by atoms with Gasteiger partial charge in [-0.1, -0.05) is 13.8 Å². The Morgan fingerprint density at radius 2 is 2.50 bits per heavy atom. The number of thioether (sulfide) groups is 1. The molecular weight excluding hydrogens is 266 g/mol. The number of hydrogen-bond donors (Lipinski definition) is 2. The molecule has 1 aromatic rings. The van der Waals surface area contributed by atoms with Crippen LogP contribution in [0, 0.1) is 0 Å². The molecule has 1 amide bonds. The van der Waals surface area contributed by atoms with Gasteiger partial charge in [0.2, 0.25) is 5.91 Å². The fraction of sp³-hybridized carbons (Fsp3) is 0.500. The minimum atomic E-state index is -0.0198. The Morgan fingerprint density at radius 3 is 3.00 bits per heavy atom. The van der Waals surface area contributed by atoms with Crippen LogP contribution in [0.4, 0.5) is 5.82 Å². The average Bonchev–Trinajstić information content (AvgIpc) is 2.49. The summed E-state index contributed by atoms with van der Waals surface area (Å²) in [6, 6.07) is 0. The van der Waals surface area contributed by atoms with Crippen LogP contribution < -0.4 is 5.32 Å². The van der Waals surface area contributed by atoms with Crippen molar-refractivity contribution in [3.05, 3.63) is 10.7 Å². The summed E-state index contributed by atoms with van der Waals surface area (Å²) in [7, 11) is 0. The molecule has 1 heterocycles. The summed E-state index contributed by atoms with van der Waals surface area (Å²) in [5.74, 6) is 1.05. The highest BCUT2D eigenvalue weighted by Gasteiger charge is 2.07. The molecule has 1 aromatic heterocycles. The minimum absolute atomic E-state index is 0.0198. The van der Waals surface area contributed by atoms with Gasteiger partial charge in [0.25, 0.3) is 0 Å². The Kier molecular flexibility index (Phi) is 4.47. The van der Waals surface area contributed by atoms with Crippen molar-refractivity contribution in [1.29, 1.82) is 0 Å². The van der Waals surface area contributed by atoms with Crippen LogP contribution in [0.3, 0.4) is 0 Å². The van der Waals surface area contributed by atoms with E-state index in [-0.39, 0.29) is 5.91 Å². The maximum absolute atomic E-state index is 11.4. The lowest BCUT2D eigenvalue weighted by atomic mass is 10.6. The molecule has 0 atom stereocenters. The summed E-state index contributed by atoms with van der Waals surface area (Å²) < 4.78 is 0.764. The number of rotatable bonds is 4. The fourth-order valence-electron chi connectivity index (χ4n) is 0.777. The average molecular weight is 278 g/mol. The molecule has 1 rings (SSSR count). The summed E-state index contributed by atoms with van der Waals surface area (Å²) in [5.41, 5.74) is 0. The number of amides is 1. The van der Waals surface area contributed by atoms with Gasteiger partial charge in [0.05, 0.1) is 16.4 Å². The number of aromatic amines is 1. The highest BCUT2D eigenvalue weighted by atomic mass is 79.9. The number of halogens is 1. The number of anilines is 1. The first-order valence-electron chi connectivity index (χ1n) is 4.20. The molecule has 2 N–H and O–H groups in total. The van der Waals surface area contributed by atoms with Crippen LogP contribution in [0.15, 0.2) is 10.7 Å². The molecule has 0 aliphatic heterocycles. The molecule has 4 nitrogen and oxygen atoms in total. The summed E-state index contributed by atoms with van der Waals surface area (Å²) in [4.78, 5) is 11.4. The lowest BCUT2D eigenvalue weighted by molar-refractivity contribution is -0.113. The summed E-state index contributed by atoms with van der Waals surface area (Å²) in [6.45, 7) is 4.12. The first kappa shape index (κ1) is 11.6. The van der Waals surface area contributed by atoms with Crippen molar-refractivity contribution in [3.63, 3.8) is 0 Å². The quantitative estimate of drug-likeness (QED) is 0.888. The SMILES string of the molecule is CC(C)SCC(=O)Nc1[nH]ncc1Br. The molecule has 0 saturated heterocycles. The third-order valence-electron chi connectivity index (χ3n) is 1.41. The van der Waals surface area contributed by atoms with Crippen molar-refractivity contribution in [1.82, 2.24) is 10.2 Å². The van der Waals surface area contributed by atoms with Crippen LogP contribution in [-0.4, -0.2) is 27.1 Å². The second-order valence-corrected chi connectivity index (χ2v) is 5.42. The van der Waals surface area contributed by atoms with E-state index in [2.05, 4.69) is 45.3 Å². The third-order valence-corrected chi connectivity index (χ3v) is 3.10. The topological polar surface area (TPSA) is 57.8 Å².